The molecule has 2 rings (SSSR count). The van der Waals surface area contributed by atoms with Gasteiger partial charge in [0.15, 0.2) is 0 Å². The lowest BCUT2D eigenvalue weighted by Crippen LogP contribution is -2.43. The third kappa shape index (κ3) is 5.53. The van der Waals surface area contributed by atoms with E-state index in [1.165, 1.54) is 0 Å². The van der Waals surface area contributed by atoms with Crippen molar-refractivity contribution in [1.29, 1.82) is 0 Å². The first kappa shape index (κ1) is 21.8. The van der Waals surface area contributed by atoms with Crippen molar-refractivity contribution in [2.75, 3.05) is 23.3 Å². The summed E-state index contributed by atoms with van der Waals surface area (Å²) in [6.07, 6.45) is 0.268. The minimum absolute atomic E-state index is 0.0938. The van der Waals surface area contributed by atoms with Crippen molar-refractivity contribution in [3.8, 4) is 0 Å². The number of halogens is 1. The monoisotopic (exact) mass is 407 g/mol. The average Bonchev–Trinajstić information content (AvgIpc) is 2.68. The van der Waals surface area contributed by atoms with Gasteiger partial charge >= 0.3 is 0 Å². The number of hydrogen-bond acceptors (Lipinski definition) is 4. The van der Waals surface area contributed by atoms with Crippen molar-refractivity contribution >= 4 is 27.3 Å². The topological polar surface area (TPSA) is 78.5 Å². The Hall–Kier alpha value is -2.45. The van der Waals surface area contributed by atoms with Gasteiger partial charge in [0.25, 0.3) is 0 Å². The Morgan fingerprint density at radius 3 is 2.07 bits per heavy atom. The molecule has 0 aliphatic carbocycles. The highest BCUT2D eigenvalue weighted by molar-refractivity contribution is 7.89. The number of nitrogens with one attached hydrogen (secondary N) is 2. The maximum absolute atomic E-state index is 13.0. The van der Waals surface area contributed by atoms with Gasteiger partial charge in [0.05, 0.1) is 4.90 Å². The third-order valence-electron chi connectivity index (χ3n) is 4.41. The molecule has 0 spiro atoms. The van der Waals surface area contributed by atoms with E-state index in [1.54, 1.807) is 19.1 Å². The fourth-order valence-electron chi connectivity index (χ4n) is 2.77. The molecule has 0 saturated heterocycles. The van der Waals surface area contributed by atoms with E-state index in [-0.39, 0.29) is 11.3 Å². The molecule has 0 radical (unpaired) electrons. The van der Waals surface area contributed by atoms with Crippen LogP contribution in [0.3, 0.4) is 0 Å². The molecule has 1 atom stereocenters. The standard InChI is InChI=1S/C20H26FN3O3S/c1-4-19(23-28(26,27)18-13-7-15(21)8-14-18)20(25)22-16-9-11-17(12-10-16)24(5-2)6-3/h7-14,19,23H,4-6H2,1-3H3,(H,22,25). The molecule has 0 aromatic heterocycles. The summed E-state index contributed by atoms with van der Waals surface area (Å²) in [6.45, 7) is 7.61. The fourth-order valence-corrected chi connectivity index (χ4v) is 4.04. The van der Waals surface area contributed by atoms with E-state index in [0.717, 1.165) is 43.0 Å². The predicted molar refractivity (Wildman–Crippen MR) is 109 cm³/mol. The van der Waals surface area contributed by atoms with Crippen LogP contribution in [0.25, 0.3) is 0 Å². The molecule has 2 aromatic carbocycles. The van der Waals surface area contributed by atoms with Gasteiger partial charge in [0, 0.05) is 24.5 Å². The van der Waals surface area contributed by atoms with Gasteiger partial charge in [-0.1, -0.05) is 6.92 Å². The van der Waals surface area contributed by atoms with E-state index in [2.05, 4.69) is 28.8 Å². The van der Waals surface area contributed by atoms with Crippen LogP contribution in [0.4, 0.5) is 15.8 Å². The summed E-state index contributed by atoms with van der Waals surface area (Å²) in [6, 6.07) is 10.9. The van der Waals surface area contributed by atoms with Crippen LogP contribution in [-0.4, -0.2) is 33.5 Å². The van der Waals surface area contributed by atoms with Gasteiger partial charge in [-0.3, -0.25) is 4.79 Å². The second kappa shape index (κ2) is 9.66. The Kier molecular flexibility index (Phi) is 7.53. The van der Waals surface area contributed by atoms with Gasteiger partial charge in [-0.05, 0) is 68.8 Å². The molecule has 0 fully saturated rings. The fraction of sp³-hybridized carbons (Fsp3) is 0.350. The smallest absolute Gasteiger partial charge is 0.242 e. The molecular formula is C20H26FN3O3S. The summed E-state index contributed by atoms with van der Waals surface area (Å²) < 4.78 is 40.3. The zero-order valence-corrected chi connectivity index (χ0v) is 17.1. The molecule has 28 heavy (non-hydrogen) atoms. The first-order chi connectivity index (χ1) is 13.3. The number of anilines is 2. The van der Waals surface area contributed by atoms with Gasteiger partial charge in [-0.2, -0.15) is 4.72 Å². The van der Waals surface area contributed by atoms with Crippen LogP contribution >= 0.6 is 0 Å². The summed E-state index contributed by atoms with van der Waals surface area (Å²) in [5, 5.41) is 2.73. The van der Waals surface area contributed by atoms with Crippen LogP contribution < -0.4 is 14.9 Å². The summed E-state index contributed by atoms with van der Waals surface area (Å²) in [5.74, 6) is -0.985. The van der Waals surface area contributed by atoms with Crippen LogP contribution in [0.1, 0.15) is 27.2 Å². The first-order valence-corrected chi connectivity index (χ1v) is 10.7. The highest BCUT2D eigenvalue weighted by Crippen LogP contribution is 2.18. The summed E-state index contributed by atoms with van der Waals surface area (Å²) in [5.41, 5.74) is 1.63. The zero-order valence-electron chi connectivity index (χ0n) is 16.3. The second-order valence-electron chi connectivity index (χ2n) is 6.24. The van der Waals surface area contributed by atoms with Gasteiger partial charge < -0.3 is 10.2 Å². The molecule has 1 amide bonds. The van der Waals surface area contributed by atoms with Crippen LogP contribution in [0.15, 0.2) is 53.4 Å². The normalized spacial score (nSPS) is 12.4. The van der Waals surface area contributed by atoms with E-state index in [4.69, 9.17) is 0 Å². The highest BCUT2D eigenvalue weighted by Gasteiger charge is 2.24. The average molecular weight is 408 g/mol. The summed E-state index contributed by atoms with van der Waals surface area (Å²) in [4.78, 5) is 14.6. The lowest BCUT2D eigenvalue weighted by atomic mass is 10.2. The van der Waals surface area contributed by atoms with E-state index in [0.29, 0.717) is 5.69 Å². The molecule has 0 bridgehead atoms. The van der Waals surface area contributed by atoms with Crippen molar-refractivity contribution in [3.63, 3.8) is 0 Å². The maximum Gasteiger partial charge on any atom is 0.242 e. The molecule has 2 N–H and O–H groups in total. The molecule has 152 valence electrons. The van der Waals surface area contributed by atoms with Crippen LogP contribution in [0.2, 0.25) is 0 Å². The lowest BCUT2D eigenvalue weighted by Gasteiger charge is -2.21. The molecule has 0 heterocycles. The van der Waals surface area contributed by atoms with Crippen LogP contribution in [-0.2, 0) is 14.8 Å². The van der Waals surface area contributed by atoms with Gasteiger partial charge in [-0.15, -0.1) is 0 Å². The number of nitrogens with zero attached hydrogens (tertiary/aromatic N) is 1. The molecule has 8 heteroatoms. The Labute approximate surface area is 165 Å². The highest BCUT2D eigenvalue weighted by atomic mass is 32.2. The van der Waals surface area contributed by atoms with Gasteiger partial charge in [0.2, 0.25) is 15.9 Å². The van der Waals surface area contributed by atoms with E-state index < -0.39 is 27.8 Å². The first-order valence-electron chi connectivity index (χ1n) is 9.24. The largest absolute Gasteiger partial charge is 0.372 e. The minimum atomic E-state index is -3.93. The minimum Gasteiger partial charge on any atom is -0.372 e. The van der Waals surface area contributed by atoms with Crippen molar-refractivity contribution < 1.29 is 17.6 Å². The van der Waals surface area contributed by atoms with Crippen molar-refractivity contribution in [2.24, 2.45) is 0 Å². The molecule has 1 unspecified atom stereocenters. The van der Waals surface area contributed by atoms with Crippen LogP contribution in [0.5, 0.6) is 0 Å². The number of benzene rings is 2. The Morgan fingerprint density at radius 2 is 1.57 bits per heavy atom. The number of sulfonamides is 1. The number of amides is 1. The van der Waals surface area contributed by atoms with Crippen LogP contribution in [0, 0.1) is 5.82 Å². The SMILES string of the molecule is CCC(NS(=O)(=O)c1ccc(F)cc1)C(=O)Nc1ccc(N(CC)CC)cc1. The lowest BCUT2D eigenvalue weighted by molar-refractivity contribution is -0.117. The van der Waals surface area contributed by atoms with E-state index >= 15 is 0 Å². The molecular weight excluding hydrogens is 381 g/mol. The quantitative estimate of drug-likeness (QED) is 0.668. The van der Waals surface area contributed by atoms with Crippen molar-refractivity contribution in [3.05, 3.63) is 54.3 Å². The number of hydrogen-bond donors (Lipinski definition) is 2. The molecule has 0 aliphatic heterocycles. The van der Waals surface area contributed by atoms with Gasteiger partial charge in [-0.25, -0.2) is 12.8 Å². The third-order valence-corrected chi connectivity index (χ3v) is 5.90. The Bertz CT molecular complexity index is 880. The summed E-state index contributed by atoms with van der Waals surface area (Å²) in [7, 11) is -3.93. The molecule has 2 aromatic rings. The van der Waals surface area contributed by atoms with Crippen molar-refractivity contribution in [2.45, 2.75) is 38.1 Å². The predicted octanol–water partition coefficient (Wildman–Crippen LogP) is 3.37. The van der Waals surface area contributed by atoms with Gasteiger partial charge in [0.1, 0.15) is 11.9 Å². The number of rotatable bonds is 9. The Balaban J connectivity index is 2.08. The Morgan fingerprint density at radius 1 is 1.00 bits per heavy atom. The molecule has 0 aliphatic rings. The maximum atomic E-state index is 13.0. The summed E-state index contributed by atoms with van der Waals surface area (Å²) >= 11 is 0. The number of carbonyl (C=O) groups is 1. The second-order valence-corrected chi connectivity index (χ2v) is 7.96. The van der Waals surface area contributed by atoms with Crippen molar-refractivity contribution in [1.82, 2.24) is 4.72 Å². The molecule has 6 nitrogen and oxygen atoms in total. The zero-order chi connectivity index (χ0) is 20.7. The van der Waals surface area contributed by atoms with E-state index in [9.17, 15) is 17.6 Å². The molecule has 0 saturated carbocycles. The number of carbonyl (C=O) groups excluding carboxylic acids is 1. The van der Waals surface area contributed by atoms with E-state index in [1.807, 2.05) is 12.1 Å².